The summed E-state index contributed by atoms with van der Waals surface area (Å²) in [4.78, 5) is 159. The lowest BCUT2D eigenvalue weighted by Crippen LogP contribution is -2.59. The molecule has 1 rings (SSSR count). The van der Waals surface area contributed by atoms with E-state index in [-0.39, 0.29) is 104 Å². The van der Waals surface area contributed by atoms with Crippen LogP contribution in [0.25, 0.3) is 0 Å². The standard InChI is InChI=1S/C52H86ClN15O17S3/c1-52(2,3)88-50(68-43(76)33(12-7-8-14-54)62-38(70)26-53)48(81)64-32(13-9-15-60-51(56)57)42(75)61-27-39(71)63-35(25-41(73)74)44(77)66-36(30-86)46(79)65-34(24-31-10-5-4-6-11-31)45(78)67-49(87)47(80)59-17-19-83-21-23-84-22-20-82-18-16-58-40(72)29-85-28-37(55)69/h4-6,10-11,32-36,49-50,86-87H,7-9,12-30,54H2,1-3H3,(H2,55,69)(H,58,72)(H,59,80)(H,61,75)(H,62,70)(H,63,71)(H,64,81)(H,65,79)(H,66,77)(H,67,78)(H,68,76)(H,73,74)(H4,56,57,60). The van der Waals surface area contributed by atoms with Gasteiger partial charge in [0, 0.05) is 36.6 Å². The molecule has 0 heterocycles. The molecule has 0 bridgehead atoms. The maximum Gasteiger partial charge on any atom is 0.305 e. The highest BCUT2D eigenvalue weighted by Gasteiger charge is 2.35. The molecule has 7 atom stereocenters. The number of unbranched alkanes of at least 4 members (excludes halogenated alkanes) is 1. The molecule has 32 nitrogen and oxygen atoms in total. The molecular formula is C52H86ClN15O17S3. The molecular weight excluding hydrogens is 1240 g/mol. The second kappa shape index (κ2) is 45.5. The third-order valence-corrected chi connectivity index (χ3v) is 13.6. The van der Waals surface area contributed by atoms with Crippen molar-refractivity contribution in [1.29, 1.82) is 0 Å². The summed E-state index contributed by atoms with van der Waals surface area (Å²) in [7, 11) is 0. The van der Waals surface area contributed by atoms with Crippen LogP contribution >= 0.6 is 48.6 Å². The van der Waals surface area contributed by atoms with Crippen molar-refractivity contribution in [2.75, 3.05) is 97.2 Å². The lowest BCUT2D eigenvalue weighted by Gasteiger charge is -2.29. The molecule has 0 saturated heterocycles. The third-order valence-electron chi connectivity index (χ3n) is 11.3. The Labute approximate surface area is 530 Å². The minimum atomic E-state index is -1.85. The first-order chi connectivity index (χ1) is 41.7. The highest BCUT2D eigenvalue weighted by atomic mass is 35.5. The van der Waals surface area contributed by atoms with E-state index in [1.165, 1.54) is 0 Å². The van der Waals surface area contributed by atoms with Crippen molar-refractivity contribution in [2.45, 2.75) is 111 Å². The van der Waals surface area contributed by atoms with Crippen LogP contribution in [-0.2, 0) is 82.9 Å². The van der Waals surface area contributed by atoms with Crippen molar-refractivity contribution in [3.8, 4) is 0 Å². The molecule has 11 amide bonds. The predicted molar refractivity (Wildman–Crippen MR) is 331 cm³/mol. The smallest absolute Gasteiger partial charge is 0.305 e. The van der Waals surface area contributed by atoms with Crippen LogP contribution < -0.4 is 76.1 Å². The van der Waals surface area contributed by atoms with E-state index < -0.39 is 141 Å². The first-order valence-corrected chi connectivity index (χ1v) is 30.3. The first-order valence-electron chi connectivity index (χ1n) is 27.8. The van der Waals surface area contributed by atoms with Gasteiger partial charge in [-0.1, -0.05) is 51.1 Å². The number of aliphatic imine (C=N–C) groups is 1. The van der Waals surface area contributed by atoms with E-state index in [2.05, 4.69) is 83.4 Å². The van der Waals surface area contributed by atoms with Gasteiger partial charge in [0.1, 0.15) is 49.3 Å². The Kier molecular flexibility index (Phi) is 41.0. The Bertz CT molecular complexity index is 2430. The van der Waals surface area contributed by atoms with Gasteiger partial charge < -0.3 is 100 Å². The number of carboxylic acids is 1. The summed E-state index contributed by atoms with van der Waals surface area (Å²) in [5.41, 5.74) is 22.1. The SMILES string of the molecule is CC(C)(C)SC(NC(=O)C(CCCCN)NC(=O)CCl)C(=O)NC(CCCN=C(N)N)C(=O)NCC(=O)NC(CC(=O)O)C(=O)NC(CS)C(=O)NC(Cc1ccccc1)C(=O)NC(S)C(=O)NCCOCCOCCOCCNC(=O)COCC(N)=O. The third kappa shape index (κ3) is 37.9. The van der Waals surface area contributed by atoms with Gasteiger partial charge in [0.15, 0.2) is 16.7 Å². The van der Waals surface area contributed by atoms with Crippen molar-refractivity contribution >= 4 is 126 Å². The summed E-state index contributed by atoms with van der Waals surface area (Å²) in [6.07, 6.45) is 0.0591. The highest BCUT2D eigenvalue weighted by molar-refractivity contribution is 8.01. The number of rotatable bonds is 47. The van der Waals surface area contributed by atoms with Crippen LogP contribution in [0.5, 0.6) is 0 Å². The van der Waals surface area contributed by atoms with Gasteiger partial charge in [-0.05, 0) is 44.2 Å². The Morgan fingerprint density at radius 1 is 0.602 bits per heavy atom. The fraction of sp³-hybridized carbons (Fsp3) is 0.635. The number of nitrogens with one attached hydrogen (secondary N) is 10. The number of nitrogens with zero attached hydrogens (tertiary/aromatic N) is 1. The molecule has 1 aromatic carbocycles. The van der Waals surface area contributed by atoms with E-state index in [1.54, 1.807) is 51.1 Å². The molecule has 0 saturated carbocycles. The normalized spacial score (nSPS) is 13.4. The largest absolute Gasteiger partial charge is 0.481 e. The minimum absolute atomic E-state index is 0.0166. The number of ether oxygens (including phenoxy) is 4. The number of carbonyl (C=O) groups excluding carboxylic acids is 11. The van der Waals surface area contributed by atoms with Crippen molar-refractivity contribution in [3.05, 3.63) is 35.9 Å². The Hall–Kier alpha value is -6.73. The zero-order valence-corrected chi connectivity index (χ0v) is 52.8. The number of carboxylic acid groups (broad SMARTS) is 1. The lowest BCUT2D eigenvalue weighted by molar-refractivity contribution is -0.141. The molecule has 36 heteroatoms. The lowest BCUT2D eigenvalue weighted by atomic mass is 10.0. The molecule has 496 valence electrons. The fourth-order valence-corrected chi connectivity index (χ4v) is 8.82. The summed E-state index contributed by atoms with van der Waals surface area (Å²) in [6.45, 7) is 5.45. The molecule has 0 aromatic heterocycles. The Morgan fingerprint density at radius 2 is 1.15 bits per heavy atom. The van der Waals surface area contributed by atoms with Crippen LogP contribution in [-0.4, -0.2) is 225 Å². The number of nitrogens with two attached hydrogens (primary N) is 4. The maximum atomic E-state index is 14.0. The predicted octanol–water partition coefficient (Wildman–Crippen LogP) is -5.27. The summed E-state index contributed by atoms with van der Waals surface area (Å²) in [6, 6.07) is 1.18. The number of hydrogen-bond donors (Lipinski definition) is 17. The molecule has 1 aromatic rings. The maximum absolute atomic E-state index is 14.0. The molecule has 0 aliphatic carbocycles. The number of amides is 11. The van der Waals surface area contributed by atoms with Crippen LogP contribution in [0.15, 0.2) is 35.3 Å². The van der Waals surface area contributed by atoms with E-state index in [4.69, 9.17) is 53.5 Å². The zero-order chi connectivity index (χ0) is 66.0. The summed E-state index contributed by atoms with van der Waals surface area (Å²) in [5.74, 6) is -11.6. The van der Waals surface area contributed by atoms with E-state index in [0.717, 1.165) is 11.8 Å². The summed E-state index contributed by atoms with van der Waals surface area (Å²) in [5, 5.41) is 31.7. The minimum Gasteiger partial charge on any atom is -0.481 e. The van der Waals surface area contributed by atoms with Crippen LogP contribution in [0.4, 0.5) is 0 Å². The number of thiol groups is 2. The molecule has 19 N–H and O–H groups in total. The van der Waals surface area contributed by atoms with E-state index in [0.29, 0.717) is 24.9 Å². The number of primary amides is 1. The Balaban J connectivity index is 3.01. The van der Waals surface area contributed by atoms with Crippen molar-refractivity contribution < 1.29 is 81.6 Å². The molecule has 0 aliphatic rings. The van der Waals surface area contributed by atoms with Crippen LogP contribution in [0.3, 0.4) is 0 Å². The average Bonchev–Trinajstić information content (AvgIpc) is 3.36. The number of aliphatic carboxylic acids is 1. The number of benzene rings is 1. The zero-order valence-electron chi connectivity index (χ0n) is 49.4. The van der Waals surface area contributed by atoms with Gasteiger partial charge in [-0.25, -0.2) is 0 Å². The topological polar surface area (TPSA) is 499 Å². The van der Waals surface area contributed by atoms with Crippen LogP contribution in [0.2, 0.25) is 0 Å². The number of alkyl halides is 1. The van der Waals surface area contributed by atoms with Gasteiger partial charge in [0.2, 0.25) is 53.2 Å². The second-order valence-electron chi connectivity index (χ2n) is 19.9. The summed E-state index contributed by atoms with van der Waals surface area (Å²) >= 11 is 15.1. The van der Waals surface area contributed by atoms with E-state index in [1.807, 2.05) is 0 Å². The molecule has 0 fully saturated rings. The van der Waals surface area contributed by atoms with Gasteiger partial charge in [0.05, 0.1) is 52.6 Å². The van der Waals surface area contributed by atoms with Crippen molar-refractivity contribution in [2.24, 2.45) is 27.9 Å². The highest BCUT2D eigenvalue weighted by Crippen LogP contribution is 2.27. The number of thioether (sulfide) groups is 1. The quantitative estimate of drug-likeness (QED) is 0.00724. The number of carbonyl (C=O) groups is 12. The van der Waals surface area contributed by atoms with Gasteiger partial charge >= 0.3 is 5.97 Å². The Morgan fingerprint density at radius 3 is 1.73 bits per heavy atom. The fourth-order valence-electron chi connectivity index (χ4n) is 7.21. The molecule has 0 aliphatic heterocycles. The van der Waals surface area contributed by atoms with Gasteiger partial charge in [0.25, 0.3) is 11.8 Å². The van der Waals surface area contributed by atoms with Crippen molar-refractivity contribution in [1.82, 2.24) is 53.2 Å². The van der Waals surface area contributed by atoms with Crippen molar-refractivity contribution in [3.63, 3.8) is 0 Å². The van der Waals surface area contributed by atoms with Gasteiger partial charge in [-0.2, -0.15) is 12.6 Å². The number of guanidine groups is 1. The number of halogens is 1. The average molecular weight is 1330 g/mol. The summed E-state index contributed by atoms with van der Waals surface area (Å²) < 4.78 is 20.4. The molecule has 88 heavy (non-hydrogen) atoms. The van der Waals surface area contributed by atoms with E-state index in [9.17, 15) is 62.6 Å². The monoisotopic (exact) mass is 1320 g/mol. The first kappa shape index (κ1) is 79.3. The number of hydrogen-bond acceptors (Lipinski definition) is 21. The molecule has 0 spiro atoms. The molecule has 0 radical (unpaired) electrons. The van der Waals surface area contributed by atoms with Crippen LogP contribution in [0, 0.1) is 0 Å². The van der Waals surface area contributed by atoms with E-state index >= 15 is 0 Å². The van der Waals surface area contributed by atoms with Gasteiger partial charge in [-0.3, -0.25) is 62.5 Å². The second-order valence-corrected chi connectivity index (χ2v) is 23.0. The molecule has 7 unspecified atom stereocenters. The van der Waals surface area contributed by atoms with Crippen LogP contribution in [0.1, 0.15) is 64.9 Å². The van der Waals surface area contributed by atoms with Gasteiger partial charge in [-0.15, -0.1) is 36.0 Å².